The van der Waals surface area contributed by atoms with Gasteiger partial charge in [0.2, 0.25) is 0 Å². The van der Waals surface area contributed by atoms with Crippen molar-refractivity contribution in [2.24, 2.45) is 5.41 Å². The fourth-order valence-electron chi connectivity index (χ4n) is 4.47. The van der Waals surface area contributed by atoms with Crippen molar-refractivity contribution in [2.45, 2.75) is 65.6 Å². The monoisotopic (exact) mass is 530 g/mol. The predicted octanol–water partition coefficient (Wildman–Crippen LogP) is 6.62. The van der Waals surface area contributed by atoms with E-state index in [9.17, 15) is 9.36 Å². The molecule has 1 unspecified atom stereocenters. The van der Waals surface area contributed by atoms with Crippen molar-refractivity contribution in [3.8, 4) is 22.6 Å². The van der Waals surface area contributed by atoms with Gasteiger partial charge in [0.1, 0.15) is 0 Å². The molecule has 0 radical (unpaired) electrons. The van der Waals surface area contributed by atoms with Crippen LogP contribution < -0.4 is 14.8 Å². The first-order valence-electron chi connectivity index (χ1n) is 12.9. The van der Waals surface area contributed by atoms with E-state index >= 15 is 0 Å². The van der Waals surface area contributed by atoms with Gasteiger partial charge in [0, 0.05) is 30.3 Å². The van der Waals surface area contributed by atoms with Gasteiger partial charge in [-0.1, -0.05) is 45.0 Å². The maximum Gasteiger partial charge on any atom is 0.277 e. The molecule has 0 spiro atoms. The molecule has 37 heavy (non-hydrogen) atoms. The van der Waals surface area contributed by atoms with E-state index in [1.807, 2.05) is 67.9 Å². The van der Waals surface area contributed by atoms with Crippen molar-refractivity contribution in [2.75, 3.05) is 33.9 Å². The molecule has 0 aromatic heterocycles. The van der Waals surface area contributed by atoms with E-state index in [0.717, 1.165) is 11.1 Å². The number of piperidine rings is 1. The number of nitrogens with zero attached hydrogens (tertiary/aromatic N) is 1. The Bertz CT molecular complexity index is 1130. The molecule has 1 fully saturated rings. The number of carbonyl (C=O) groups is 1. The summed E-state index contributed by atoms with van der Waals surface area (Å²) < 4.78 is 33.2. The Kier molecular flexibility index (Phi) is 9.15. The van der Waals surface area contributed by atoms with Gasteiger partial charge >= 0.3 is 0 Å². The average Bonchev–Trinajstić information content (AvgIpc) is 2.86. The summed E-state index contributed by atoms with van der Waals surface area (Å²) in [6, 6.07) is 13.2. The molecule has 1 aliphatic rings. The van der Waals surface area contributed by atoms with Crippen LogP contribution in [0.1, 0.15) is 64.7 Å². The lowest BCUT2D eigenvalue weighted by molar-refractivity contribution is 0.0919. The molecule has 3 rings (SSSR count). The molecule has 204 valence electrons. The van der Waals surface area contributed by atoms with Crippen molar-refractivity contribution in [1.82, 2.24) is 9.99 Å². The van der Waals surface area contributed by atoms with E-state index in [0.29, 0.717) is 49.6 Å². The smallest absolute Gasteiger partial charge is 0.277 e. The second-order valence-corrected chi connectivity index (χ2v) is 15.1. The molecule has 0 saturated carbocycles. The van der Waals surface area contributed by atoms with Crippen molar-refractivity contribution in [1.29, 1.82) is 0 Å². The van der Waals surface area contributed by atoms with Crippen LogP contribution >= 0.6 is 7.52 Å². The van der Waals surface area contributed by atoms with Crippen LogP contribution in [0.15, 0.2) is 42.5 Å². The lowest BCUT2D eigenvalue weighted by atomic mass is 9.99. The molecule has 0 bridgehead atoms. The standard InChI is InChI=1S/C29H43N2O5P/c1-28(2,3)20-36-37(33,29(4,5)6)31-17-15-23(16-18-31)30-27(32)22-12-9-11-21(19-22)24-13-10-14-25(34-7)26(24)35-8/h9-14,19,23H,15-18,20H2,1-8H3,(H,30,32). The Morgan fingerprint density at radius 3 is 2.22 bits per heavy atom. The molecule has 2 aromatic rings. The number of carbonyl (C=O) groups excluding carboxylic acids is 1. The molecular formula is C29H43N2O5P. The number of methoxy groups -OCH3 is 2. The molecule has 1 saturated heterocycles. The number of rotatable bonds is 8. The SMILES string of the molecule is COc1cccc(-c2cccc(C(=O)NC3CCN(P(=O)(OCC(C)(C)C)C(C)(C)C)CC3)c2)c1OC. The van der Waals surface area contributed by atoms with Crippen LogP contribution in [0.5, 0.6) is 11.5 Å². The minimum Gasteiger partial charge on any atom is -0.493 e. The fraction of sp³-hybridized carbons (Fsp3) is 0.552. The van der Waals surface area contributed by atoms with Crippen LogP contribution in [0.4, 0.5) is 0 Å². The third-order valence-corrected chi connectivity index (χ3v) is 9.86. The average molecular weight is 531 g/mol. The lowest BCUT2D eigenvalue weighted by Crippen LogP contribution is -2.45. The van der Waals surface area contributed by atoms with Gasteiger partial charge in [-0.05, 0) is 62.8 Å². The number of hydrogen-bond acceptors (Lipinski definition) is 5. The van der Waals surface area contributed by atoms with Gasteiger partial charge in [0.15, 0.2) is 11.5 Å². The summed E-state index contributed by atoms with van der Waals surface area (Å²) in [4.78, 5) is 13.2. The van der Waals surface area contributed by atoms with Gasteiger partial charge in [-0.2, -0.15) is 0 Å². The highest BCUT2D eigenvalue weighted by Gasteiger charge is 2.45. The van der Waals surface area contributed by atoms with Crippen molar-refractivity contribution >= 4 is 13.4 Å². The first-order valence-corrected chi connectivity index (χ1v) is 14.5. The van der Waals surface area contributed by atoms with Crippen molar-refractivity contribution in [3.05, 3.63) is 48.0 Å². The zero-order valence-corrected chi connectivity index (χ0v) is 24.5. The first-order chi connectivity index (χ1) is 17.3. The highest BCUT2D eigenvalue weighted by molar-refractivity contribution is 7.58. The minimum atomic E-state index is -3.05. The van der Waals surface area contributed by atoms with Crippen molar-refractivity contribution in [3.63, 3.8) is 0 Å². The first kappa shape index (κ1) is 29.2. The van der Waals surface area contributed by atoms with E-state index < -0.39 is 12.7 Å². The molecule has 1 amide bonds. The van der Waals surface area contributed by atoms with E-state index in [2.05, 4.69) is 26.1 Å². The van der Waals surface area contributed by atoms with Gasteiger partial charge in [-0.15, -0.1) is 0 Å². The molecular weight excluding hydrogens is 487 g/mol. The molecule has 1 heterocycles. The van der Waals surface area contributed by atoms with Crippen LogP contribution in [0, 0.1) is 5.41 Å². The van der Waals surface area contributed by atoms with Crippen molar-refractivity contribution < 1.29 is 23.4 Å². The molecule has 8 heteroatoms. The summed E-state index contributed by atoms with van der Waals surface area (Å²) in [6.07, 6.45) is 1.43. The third-order valence-electron chi connectivity index (χ3n) is 6.54. The van der Waals surface area contributed by atoms with Crippen LogP contribution in [-0.2, 0) is 9.09 Å². The topological polar surface area (TPSA) is 77.1 Å². The van der Waals surface area contributed by atoms with Crippen LogP contribution in [0.3, 0.4) is 0 Å². The predicted molar refractivity (Wildman–Crippen MR) is 150 cm³/mol. The van der Waals surface area contributed by atoms with Crippen LogP contribution in [0.25, 0.3) is 11.1 Å². The van der Waals surface area contributed by atoms with Gasteiger partial charge in [0.05, 0.1) is 26.0 Å². The molecule has 1 N–H and O–H groups in total. The van der Waals surface area contributed by atoms with Crippen LogP contribution in [0.2, 0.25) is 0 Å². The zero-order valence-electron chi connectivity index (χ0n) is 23.6. The number of nitrogens with one attached hydrogen (secondary N) is 1. The number of para-hydroxylation sites is 1. The van der Waals surface area contributed by atoms with E-state index in [1.165, 1.54) is 0 Å². The maximum atomic E-state index is 14.1. The quantitative estimate of drug-likeness (QED) is 0.387. The molecule has 0 aliphatic carbocycles. The number of amides is 1. The summed E-state index contributed by atoms with van der Waals surface area (Å²) in [5.74, 6) is 1.15. The van der Waals surface area contributed by atoms with Crippen LogP contribution in [-0.4, -0.2) is 55.7 Å². The van der Waals surface area contributed by atoms with E-state index in [4.69, 9.17) is 14.0 Å². The van der Waals surface area contributed by atoms with E-state index in [-0.39, 0.29) is 17.4 Å². The zero-order chi connectivity index (χ0) is 27.4. The second-order valence-electron chi connectivity index (χ2n) is 11.8. The highest BCUT2D eigenvalue weighted by atomic mass is 31.2. The lowest BCUT2D eigenvalue weighted by Gasteiger charge is -2.43. The molecule has 1 aliphatic heterocycles. The molecule has 1 atom stereocenters. The maximum absolute atomic E-state index is 14.1. The summed E-state index contributed by atoms with van der Waals surface area (Å²) in [6.45, 7) is 13.9. The number of benzene rings is 2. The van der Waals surface area contributed by atoms with E-state index in [1.54, 1.807) is 14.2 Å². The Hall–Kier alpha value is -2.34. The minimum absolute atomic E-state index is 0.00907. The summed E-state index contributed by atoms with van der Waals surface area (Å²) in [5.41, 5.74) is 2.24. The number of hydrogen-bond donors (Lipinski definition) is 1. The Morgan fingerprint density at radius 2 is 1.65 bits per heavy atom. The third kappa shape index (κ3) is 6.95. The Balaban J connectivity index is 1.69. The number of ether oxygens (including phenoxy) is 2. The largest absolute Gasteiger partial charge is 0.493 e. The summed E-state index contributed by atoms with van der Waals surface area (Å²) in [7, 11) is 0.163. The highest BCUT2D eigenvalue weighted by Crippen LogP contribution is 2.62. The van der Waals surface area contributed by atoms with Gasteiger partial charge < -0.3 is 19.3 Å². The second kappa shape index (κ2) is 11.6. The van der Waals surface area contributed by atoms with Gasteiger partial charge in [0.25, 0.3) is 13.4 Å². The normalized spacial score (nSPS) is 17.2. The summed E-state index contributed by atoms with van der Waals surface area (Å²) >= 11 is 0. The Labute approximate surface area is 222 Å². The van der Waals surface area contributed by atoms with Gasteiger partial charge in [-0.3, -0.25) is 9.36 Å². The summed E-state index contributed by atoms with van der Waals surface area (Å²) in [5, 5.41) is 2.69. The fourth-order valence-corrected chi connectivity index (χ4v) is 7.18. The Morgan fingerprint density at radius 1 is 1.00 bits per heavy atom. The van der Waals surface area contributed by atoms with Gasteiger partial charge in [-0.25, -0.2) is 4.67 Å². The molecule has 7 nitrogen and oxygen atoms in total. The molecule has 2 aromatic carbocycles.